The molecule has 1 saturated carbocycles. The Labute approximate surface area is 94.8 Å². The molecule has 1 aliphatic rings. The highest BCUT2D eigenvalue weighted by Crippen LogP contribution is 2.28. The van der Waals surface area contributed by atoms with Crippen molar-refractivity contribution < 1.29 is 4.79 Å². The molecule has 0 saturated heterocycles. The zero-order valence-corrected chi connectivity index (χ0v) is 9.33. The lowest BCUT2D eigenvalue weighted by Crippen LogP contribution is -2.44. The summed E-state index contributed by atoms with van der Waals surface area (Å²) in [5.74, 6) is 0.595. The van der Waals surface area contributed by atoms with Crippen molar-refractivity contribution in [3.05, 3.63) is 12.3 Å². The molecule has 16 heavy (non-hydrogen) atoms. The van der Waals surface area contributed by atoms with E-state index in [4.69, 9.17) is 5.73 Å². The number of nitrogens with two attached hydrogens (primary N) is 1. The number of nitrogens with one attached hydrogen (secondary N) is 2. The Bertz CT molecular complexity index is 341. The minimum atomic E-state index is -0.303. The largest absolute Gasteiger partial charge is 0.325 e. The van der Waals surface area contributed by atoms with Gasteiger partial charge in [0, 0.05) is 18.0 Å². The number of carbonyl (C=O) groups excluding carboxylic acids is 1. The van der Waals surface area contributed by atoms with Crippen LogP contribution in [0.25, 0.3) is 0 Å². The van der Waals surface area contributed by atoms with Crippen LogP contribution in [0.4, 0.5) is 5.82 Å². The number of anilines is 1. The third kappa shape index (κ3) is 2.82. The fraction of sp³-hybridized carbons (Fsp3) is 0.636. The van der Waals surface area contributed by atoms with Crippen molar-refractivity contribution in [3.63, 3.8) is 0 Å². The Morgan fingerprint density at radius 2 is 2.25 bits per heavy atom. The van der Waals surface area contributed by atoms with Crippen LogP contribution in [-0.4, -0.2) is 21.6 Å². The van der Waals surface area contributed by atoms with Gasteiger partial charge in [-0.1, -0.05) is 19.3 Å². The van der Waals surface area contributed by atoms with Gasteiger partial charge in [-0.05, 0) is 12.8 Å². The summed E-state index contributed by atoms with van der Waals surface area (Å²) in [5, 5.41) is 9.22. The summed E-state index contributed by atoms with van der Waals surface area (Å²) in [7, 11) is 0. The number of nitrogens with zero attached hydrogens (tertiary/aromatic N) is 1. The first-order valence-corrected chi connectivity index (χ1v) is 5.76. The van der Waals surface area contributed by atoms with Crippen molar-refractivity contribution in [2.45, 2.75) is 44.1 Å². The van der Waals surface area contributed by atoms with Crippen LogP contribution in [0.1, 0.15) is 38.5 Å². The smallest absolute Gasteiger partial charge is 0.227 e. The molecular weight excluding hydrogens is 204 g/mol. The fourth-order valence-corrected chi connectivity index (χ4v) is 2.27. The number of hydrogen-bond acceptors (Lipinski definition) is 3. The minimum Gasteiger partial charge on any atom is -0.325 e. The lowest BCUT2D eigenvalue weighted by molar-refractivity contribution is -0.117. The van der Waals surface area contributed by atoms with Crippen LogP contribution in [0.2, 0.25) is 0 Å². The Balaban J connectivity index is 1.86. The second kappa shape index (κ2) is 4.65. The van der Waals surface area contributed by atoms with Crippen LogP contribution in [-0.2, 0) is 4.79 Å². The predicted octanol–water partition coefficient (Wildman–Crippen LogP) is 1.40. The summed E-state index contributed by atoms with van der Waals surface area (Å²) < 4.78 is 0. The zero-order chi connectivity index (χ0) is 11.4. The molecule has 5 heteroatoms. The molecule has 0 atom stereocenters. The summed E-state index contributed by atoms with van der Waals surface area (Å²) in [6, 6.07) is 1.72. The van der Waals surface area contributed by atoms with Crippen LogP contribution < -0.4 is 11.1 Å². The van der Waals surface area contributed by atoms with Gasteiger partial charge in [0.2, 0.25) is 5.91 Å². The van der Waals surface area contributed by atoms with Crippen LogP contribution in [0.5, 0.6) is 0 Å². The average molecular weight is 222 g/mol. The van der Waals surface area contributed by atoms with E-state index < -0.39 is 0 Å². The molecule has 1 heterocycles. The highest BCUT2D eigenvalue weighted by atomic mass is 16.1. The van der Waals surface area contributed by atoms with Crippen molar-refractivity contribution in [2.24, 2.45) is 5.73 Å². The van der Waals surface area contributed by atoms with Crippen LogP contribution >= 0.6 is 0 Å². The van der Waals surface area contributed by atoms with Gasteiger partial charge in [-0.25, -0.2) is 0 Å². The maximum absolute atomic E-state index is 11.7. The lowest BCUT2D eigenvalue weighted by atomic mass is 9.80. The number of aromatic nitrogens is 2. The molecular formula is C11H18N4O. The molecule has 0 aromatic carbocycles. The number of rotatable bonds is 3. The normalized spacial score (nSPS) is 19.3. The molecule has 88 valence electrons. The van der Waals surface area contributed by atoms with Gasteiger partial charge in [0.15, 0.2) is 0 Å². The Kier molecular flexibility index (Phi) is 3.24. The van der Waals surface area contributed by atoms with Crippen LogP contribution in [0.3, 0.4) is 0 Å². The molecule has 0 bridgehead atoms. The van der Waals surface area contributed by atoms with Crippen molar-refractivity contribution in [1.82, 2.24) is 10.2 Å². The number of H-pyrrole nitrogens is 1. The Morgan fingerprint density at radius 1 is 1.50 bits per heavy atom. The van der Waals surface area contributed by atoms with E-state index in [1.165, 1.54) is 6.42 Å². The first kappa shape index (κ1) is 11.1. The van der Waals surface area contributed by atoms with E-state index in [9.17, 15) is 4.79 Å². The minimum absolute atomic E-state index is 0.0337. The SMILES string of the molecule is NC1(CC(=O)Nc2ccn[nH]2)CCCCC1. The van der Waals surface area contributed by atoms with E-state index >= 15 is 0 Å². The first-order valence-electron chi connectivity index (χ1n) is 5.76. The van der Waals surface area contributed by atoms with E-state index in [-0.39, 0.29) is 11.4 Å². The van der Waals surface area contributed by atoms with Gasteiger partial charge in [0.05, 0.1) is 6.20 Å². The fourth-order valence-electron chi connectivity index (χ4n) is 2.27. The summed E-state index contributed by atoms with van der Waals surface area (Å²) in [6.45, 7) is 0. The van der Waals surface area contributed by atoms with Crippen molar-refractivity contribution in [3.8, 4) is 0 Å². The maximum Gasteiger partial charge on any atom is 0.227 e. The second-order valence-electron chi connectivity index (χ2n) is 4.62. The summed E-state index contributed by atoms with van der Waals surface area (Å²) in [6.07, 6.45) is 7.40. The summed E-state index contributed by atoms with van der Waals surface area (Å²) in [5.41, 5.74) is 5.90. The average Bonchev–Trinajstić information content (AvgIpc) is 2.70. The van der Waals surface area contributed by atoms with Gasteiger partial charge in [0.25, 0.3) is 0 Å². The second-order valence-corrected chi connectivity index (χ2v) is 4.62. The maximum atomic E-state index is 11.7. The first-order chi connectivity index (χ1) is 7.68. The molecule has 5 nitrogen and oxygen atoms in total. The highest BCUT2D eigenvalue weighted by molar-refractivity contribution is 5.90. The van der Waals surface area contributed by atoms with Crippen LogP contribution in [0, 0.1) is 0 Å². The molecule has 4 N–H and O–H groups in total. The topological polar surface area (TPSA) is 83.8 Å². The molecule has 1 fully saturated rings. The summed E-state index contributed by atoms with van der Waals surface area (Å²) in [4.78, 5) is 11.7. The highest BCUT2D eigenvalue weighted by Gasteiger charge is 2.29. The molecule has 0 unspecified atom stereocenters. The molecule has 1 aromatic heterocycles. The van der Waals surface area contributed by atoms with Gasteiger partial charge < -0.3 is 11.1 Å². The van der Waals surface area contributed by atoms with Crippen molar-refractivity contribution in [2.75, 3.05) is 5.32 Å². The number of amides is 1. The van der Waals surface area contributed by atoms with E-state index in [1.54, 1.807) is 12.3 Å². The molecule has 0 spiro atoms. The van der Waals surface area contributed by atoms with Crippen molar-refractivity contribution in [1.29, 1.82) is 0 Å². The van der Waals surface area contributed by atoms with Crippen molar-refractivity contribution >= 4 is 11.7 Å². The summed E-state index contributed by atoms with van der Waals surface area (Å²) >= 11 is 0. The van der Waals surface area contributed by atoms with Gasteiger partial charge in [-0.2, -0.15) is 5.10 Å². The predicted molar refractivity (Wildman–Crippen MR) is 61.8 cm³/mol. The number of carbonyl (C=O) groups is 1. The van der Waals surface area contributed by atoms with E-state index in [2.05, 4.69) is 15.5 Å². The molecule has 2 rings (SSSR count). The molecule has 0 aliphatic heterocycles. The number of hydrogen-bond donors (Lipinski definition) is 3. The third-order valence-corrected chi connectivity index (χ3v) is 3.14. The zero-order valence-electron chi connectivity index (χ0n) is 9.33. The Hall–Kier alpha value is -1.36. The Morgan fingerprint density at radius 3 is 2.88 bits per heavy atom. The van der Waals surface area contributed by atoms with Gasteiger partial charge in [-0.15, -0.1) is 0 Å². The van der Waals surface area contributed by atoms with Crippen LogP contribution in [0.15, 0.2) is 12.3 Å². The van der Waals surface area contributed by atoms with Gasteiger partial charge >= 0.3 is 0 Å². The van der Waals surface area contributed by atoms with E-state index in [0.717, 1.165) is 25.7 Å². The third-order valence-electron chi connectivity index (χ3n) is 3.14. The lowest BCUT2D eigenvalue weighted by Gasteiger charge is -2.32. The number of aromatic amines is 1. The monoisotopic (exact) mass is 222 g/mol. The van der Waals surface area contributed by atoms with E-state index in [1.807, 2.05) is 0 Å². The van der Waals surface area contributed by atoms with Gasteiger partial charge in [-0.3, -0.25) is 9.89 Å². The standard InChI is InChI=1S/C11H18N4O/c12-11(5-2-1-3-6-11)8-10(16)14-9-4-7-13-15-9/h4,7H,1-3,5-6,8,12H2,(H2,13,14,15,16). The molecule has 1 aromatic rings. The quantitative estimate of drug-likeness (QED) is 0.722. The van der Waals surface area contributed by atoms with E-state index in [0.29, 0.717) is 12.2 Å². The molecule has 0 radical (unpaired) electrons. The van der Waals surface area contributed by atoms with Gasteiger partial charge in [0.1, 0.15) is 5.82 Å². The molecule has 1 amide bonds. The molecule has 1 aliphatic carbocycles.